The normalized spacial score (nSPS) is 19.3. The summed E-state index contributed by atoms with van der Waals surface area (Å²) >= 11 is 0. The molecule has 0 radical (unpaired) electrons. The second-order valence-corrected chi connectivity index (χ2v) is 4.00. The Morgan fingerprint density at radius 2 is 1.80 bits per heavy atom. The third kappa shape index (κ3) is 1.52. The summed E-state index contributed by atoms with van der Waals surface area (Å²) in [5.74, 6) is 1.83. The van der Waals surface area contributed by atoms with Gasteiger partial charge in [0.25, 0.3) is 0 Å². The molecule has 3 nitrogen and oxygen atoms in total. The molecule has 1 aromatic carbocycles. The van der Waals surface area contributed by atoms with E-state index in [0.717, 1.165) is 24.6 Å². The Morgan fingerprint density at radius 3 is 2.67 bits per heavy atom. The lowest BCUT2D eigenvalue weighted by Gasteiger charge is -2.25. The molecule has 2 aliphatic rings. The van der Waals surface area contributed by atoms with Crippen molar-refractivity contribution in [3.8, 4) is 11.5 Å². The number of hydrogen-bond acceptors (Lipinski definition) is 3. The van der Waals surface area contributed by atoms with Crippen molar-refractivity contribution >= 4 is 5.69 Å². The highest BCUT2D eigenvalue weighted by molar-refractivity contribution is 5.65. The Balaban J connectivity index is 1.99. The fourth-order valence-corrected chi connectivity index (χ4v) is 2.27. The zero-order valence-corrected chi connectivity index (χ0v) is 8.74. The molecule has 80 valence electrons. The highest BCUT2D eigenvalue weighted by Crippen LogP contribution is 2.40. The first-order chi connectivity index (χ1) is 7.45. The smallest absolute Gasteiger partial charge is 0.184 e. The molecule has 2 heterocycles. The van der Waals surface area contributed by atoms with Gasteiger partial charge in [-0.2, -0.15) is 0 Å². The maximum atomic E-state index is 5.70. The quantitative estimate of drug-likeness (QED) is 0.700. The van der Waals surface area contributed by atoms with Crippen molar-refractivity contribution in [2.24, 2.45) is 0 Å². The molecular formula is C12H15NO2. The Kier molecular flexibility index (Phi) is 2.16. The first kappa shape index (κ1) is 8.89. The molecule has 15 heavy (non-hydrogen) atoms. The van der Waals surface area contributed by atoms with Crippen LogP contribution in [0.3, 0.4) is 0 Å². The summed E-state index contributed by atoms with van der Waals surface area (Å²) in [7, 11) is 0. The topological polar surface area (TPSA) is 21.7 Å². The van der Waals surface area contributed by atoms with E-state index in [2.05, 4.69) is 11.0 Å². The molecule has 0 aliphatic carbocycles. The van der Waals surface area contributed by atoms with Crippen LogP contribution in [0.15, 0.2) is 18.2 Å². The van der Waals surface area contributed by atoms with Crippen LogP contribution in [0.1, 0.15) is 12.8 Å². The van der Waals surface area contributed by atoms with Gasteiger partial charge in [0.1, 0.15) is 13.2 Å². The van der Waals surface area contributed by atoms with Crippen LogP contribution in [0.4, 0.5) is 5.69 Å². The van der Waals surface area contributed by atoms with E-state index in [-0.39, 0.29) is 0 Å². The molecule has 3 heteroatoms. The van der Waals surface area contributed by atoms with Crippen molar-refractivity contribution in [3.63, 3.8) is 0 Å². The average molecular weight is 205 g/mol. The Hall–Kier alpha value is -1.38. The molecule has 0 amide bonds. The second kappa shape index (κ2) is 3.65. The fourth-order valence-electron chi connectivity index (χ4n) is 2.27. The Labute approximate surface area is 89.6 Å². The van der Waals surface area contributed by atoms with Crippen molar-refractivity contribution in [1.29, 1.82) is 0 Å². The molecule has 0 saturated carbocycles. The van der Waals surface area contributed by atoms with E-state index in [0.29, 0.717) is 13.2 Å². The minimum Gasteiger partial charge on any atom is -0.486 e. The molecule has 0 spiro atoms. The zero-order chi connectivity index (χ0) is 10.1. The minimum atomic E-state index is 0.663. The lowest BCUT2D eigenvalue weighted by molar-refractivity contribution is 0.172. The average Bonchev–Trinajstić information content (AvgIpc) is 2.82. The molecule has 1 fully saturated rings. The number of rotatable bonds is 1. The number of ether oxygens (including phenoxy) is 2. The van der Waals surface area contributed by atoms with Gasteiger partial charge in [0, 0.05) is 13.1 Å². The molecular weight excluding hydrogens is 190 g/mol. The molecule has 3 rings (SSSR count). The zero-order valence-electron chi connectivity index (χ0n) is 8.74. The van der Waals surface area contributed by atoms with Gasteiger partial charge in [-0.1, -0.05) is 6.07 Å². The molecule has 0 atom stereocenters. The predicted molar refractivity (Wildman–Crippen MR) is 58.9 cm³/mol. The van der Waals surface area contributed by atoms with Crippen LogP contribution in [0, 0.1) is 0 Å². The van der Waals surface area contributed by atoms with Gasteiger partial charge in [0.05, 0.1) is 5.69 Å². The van der Waals surface area contributed by atoms with E-state index in [4.69, 9.17) is 9.47 Å². The van der Waals surface area contributed by atoms with Crippen LogP contribution in [0.25, 0.3) is 0 Å². The van der Waals surface area contributed by atoms with Gasteiger partial charge in [0.15, 0.2) is 11.5 Å². The van der Waals surface area contributed by atoms with Gasteiger partial charge < -0.3 is 14.4 Å². The van der Waals surface area contributed by atoms with E-state index in [9.17, 15) is 0 Å². The lowest BCUT2D eigenvalue weighted by atomic mass is 10.2. The maximum absolute atomic E-state index is 5.70. The third-order valence-corrected chi connectivity index (χ3v) is 2.99. The second-order valence-electron chi connectivity index (χ2n) is 4.00. The highest BCUT2D eigenvalue weighted by Gasteiger charge is 2.21. The largest absolute Gasteiger partial charge is 0.486 e. The summed E-state index contributed by atoms with van der Waals surface area (Å²) in [4.78, 5) is 2.38. The van der Waals surface area contributed by atoms with Gasteiger partial charge in [-0.3, -0.25) is 0 Å². The summed E-state index contributed by atoms with van der Waals surface area (Å²) in [6.07, 6.45) is 2.56. The Morgan fingerprint density at radius 1 is 1.00 bits per heavy atom. The Bertz CT molecular complexity index is 359. The molecule has 0 aromatic heterocycles. The van der Waals surface area contributed by atoms with Crippen LogP contribution in [0.2, 0.25) is 0 Å². The molecule has 0 bridgehead atoms. The number of fused-ring (bicyclic) bond motifs is 1. The molecule has 1 aromatic rings. The van der Waals surface area contributed by atoms with Crippen molar-refractivity contribution in [3.05, 3.63) is 18.2 Å². The molecule has 1 saturated heterocycles. The van der Waals surface area contributed by atoms with Gasteiger partial charge in [-0.25, -0.2) is 0 Å². The van der Waals surface area contributed by atoms with Crippen LogP contribution in [-0.2, 0) is 0 Å². The van der Waals surface area contributed by atoms with Crippen molar-refractivity contribution in [2.75, 3.05) is 31.2 Å². The van der Waals surface area contributed by atoms with Gasteiger partial charge in [-0.05, 0) is 25.0 Å². The van der Waals surface area contributed by atoms with Crippen LogP contribution >= 0.6 is 0 Å². The SMILES string of the molecule is c1cc2c(c(N3CCCC3)c1)OCCO2. The number of para-hydroxylation sites is 1. The predicted octanol–water partition coefficient (Wildman–Crippen LogP) is 2.06. The van der Waals surface area contributed by atoms with Crippen molar-refractivity contribution < 1.29 is 9.47 Å². The maximum Gasteiger partial charge on any atom is 0.184 e. The molecule has 0 N–H and O–H groups in total. The summed E-state index contributed by atoms with van der Waals surface area (Å²) in [6.45, 7) is 3.61. The van der Waals surface area contributed by atoms with Crippen LogP contribution in [0.5, 0.6) is 11.5 Å². The van der Waals surface area contributed by atoms with Gasteiger partial charge in [0.2, 0.25) is 0 Å². The summed E-state index contributed by atoms with van der Waals surface area (Å²) in [6, 6.07) is 6.15. The number of nitrogens with zero attached hydrogens (tertiary/aromatic N) is 1. The number of anilines is 1. The lowest BCUT2D eigenvalue weighted by Crippen LogP contribution is -2.22. The van der Waals surface area contributed by atoms with Crippen molar-refractivity contribution in [2.45, 2.75) is 12.8 Å². The van der Waals surface area contributed by atoms with E-state index >= 15 is 0 Å². The number of benzene rings is 1. The summed E-state index contributed by atoms with van der Waals surface area (Å²) in [5, 5.41) is 0. The standard InChI is InChI=1S/C12H15NO2/c1-2-7-13(6-1)10-4-3-5-11-12(10)15-9-8-14-11/h3-5H,1-2,6-9H2. The first-order valence-corrected chi connectivity index (χ1v) is 5.59. The third-order valence-electron chi connectivity index (χ3n) is 2.99. The van der Waals surface area contributed by atoms with E-state index < -0.39 is 0 Å². The van der Waals surface area contributed by atoms with Crippen LogP contribution < -0.4 is 14.4 Å². The van der Waals surface area contributed by atoms with Crippen molar-refractivity contribution in [1.82, 2.24) is 0 Å². The fraction of sp³-hybridized carbons (Fsp3) is 0.500. The monoisotopic (exact) mass is 205 g/mol. The van der Waals surface area contributed by atoms with Gasteiger partial charge in [-0.15, -0.1) is 0 Å². The highest BCUT2D eigenvalue weighted by atomic mass is 16.6. The first-order valence-electron chi connectivity index (χ1n) is 5.59. The summed E-state index contributed by atoms with van der Waals surface area (Å²) in [5.41, 5.74) is 1.20. The number of hydrogen-bond donors (Lipinski definition) is 0. The molecule has 0 unspecified atom stereocenters. The molecule has 2 aliphatic heterocycles. The minimum absolute atomic E-state index is 0.663. The summed E-state index contributed by atoms with van der Waals surface area (Å²) < 4.78 is 11.3. The van der Waals surface area contributed by atoms with E-state index in [1.807, 2.05) is 12.1 Å². The van der Waals surface area contributed by atoms with E-state index in [1.165, 1.54) is 18.5 Å². The van der Waals surface area contributed by atoms with Crippen LogP contribution in [-0.4, -0.2) is 26.3 Å². The van der Waals surface area contributed by atoms with Gasteiger partial charge >= 0.3 is 0 Å². The van der Waals surface area contributed by atoms with E-state index in [1.54, 1.807) is 0 Å².